The maximum atomic E-state index is 12.5. The van der Waals surface area contributed by atoms with Crippen LogP contribution in [0.2, 0.25) is 0 Å². The van der Waals surface area contributed by atoms with Gasteiger partial charge in [0.05, 0.1) is 31.0 Å². The van der Waals surface area contributed by atoms with Gasteiger partial charge in [-0.3, -0.25) is 9.10 Å². The van der Waals surface area contributed by atoms with Crippen LogP contribution >= 0.6 is 0 Å². The molecule has 32 heavy (non-hydrogen) atoms. The third-order valence-corrected chi connectivity index (χ3v) is 6.36. The molecular weight excluding hydrogens is 422 g/mol. The fourth-order valence-electron chi connectivity index (χ4n) is 3.21. The number of hydrogen-bond donors (Lipinski definition) is 1. The number of nitrogens with one attached hydrogen (secondary N) is 1. The molecule has 0 saturated heterocycles. The molecular formula is C25H25N3O3S. The highest BCUT2D eigenvalue weighted by Crippen LogP contribution is 2.24. The number of nitriles is 1. The molecule has 0 aromatic heterocycles. The normalized spacial score (nSPS) is 10.9. The number of amides is 1. The molecule has 0 bridgehead atoms. The van der Waals surface area contributed by atoms with E-state index in [-0.39, 0.29) is 12.5 Å². The Hall–Kier alpha value is -3.63. The van der Waals surface area contributed by atoms with Crippen LogP contribution in [0.15, 0.2) is 66.7 Å². The molecule has 0 aliphatic carbocycles. The first kappa shape index (κ1) is 23.0. The molecule has 0 fully saturated rings. The summed E-state index contributed by atoms with van der Waals surface area (Å²) in [7, 11) is -3.49. The lowest BCUT2D eigenvalue weighted by Gasteiger charge is -2.23. The van der Waals surface area contributed by atoms with E-state index in [4.69, 9.17) is 5.26 Å². The van der Waals surface area contributed by atoms with Gasteiger partial charge in [-0.05, 0) is 72.5 Å². The zero-order valence-electron chi connectivity index (χ0n) is 18.3. The molecule has 0 atom stereocenters. The summed E-state index contributed by atoms with van der Waals surface area (Å²) in [6.07, 6.45) is 1.51. The van der Waals surface area contributed by atoms with Crippen molar-refractivity contribution in [2.24, 2.45) is 0 Å². The van der Waals surface area contributed by atoms with Crippen LogP contribution in [0.4, 0.5) is 11.4 Å². The minimum atomic E-state index is -3.49. The highest BCUT2D eigenvalue weighted by molar-refractivity contribution is 7.92. The molecule has 0 aliphatic heterocycles. The summed E-state index contributed by atoms with van der Waals surface area (Å²) in [4.78, 5) is 12.5. The first-order chi connectivity index (χ1) is 15.2. The molecule has 3 aromatic carbocycles. The van der Waals surface area contributed by atoms with Crippen molar-refractivity contribution in [2.75, 3.05) is 15.9 Å². The van der Waals surface area contributed by atoms with E-state index in [1.807, 2.05) is 26.0 Å². The largest absolute Gasteiger partial charge is 0.322 e. The van der Waals surface area contributed by atoms with Crippen molar-refractivity contribution in [1.29, 1.82) is 5.26 Å². The number of carbonyl (C=O) groups excluding carboxylic acids is 1. The van der Waals surface area contributed by atoms with E-state index in [0.717, 1.165) is 22.3 Å². The number of aryl methyl sites for hydroxylation is 2. The van der Waals surface area contributed by atoms with Crippen molar-refractivity contribution < 1.29 is 13.2 Å². The van der Waals surface area contributed by atoms with Gasteiger partial charge in [0, 0.05) is 11.3 Å². The molecule has 3 aromatic rings. The Morgan fingerprint density at radius 3 is 2.12 bits per heavy atom. The topological polar surface area (TPSA) is 90.3 Å². The Balaban J connectivity index is 1.74. The Labute approximate surface area is 189 Å². The van der Waals surface area contributed by atoms with Crippen molar-refractivity contribution in [2.45, 2.75) is 26.8 Å². The van der Waals surface area contributed by atoms with Crippen molar-refractivity contribution in [1.82, 2.24) is 0 Å². The van der Waals surface area contributed by atoms with Crippen molar-refractivity contribution in [3.05, 3.63) is 94.5 Å². The summed E-state index contributed by atoms with van der Waals surface area (Å²) in [6, 6.07) is 21.6. The second-order valence-electron chi connectivity index (χ2n) is 7.72. The van der Waals surface area contributed by atoms with E-state index in [2.05, 4.69) is 11.4 Å². The van der Waals surface area contributed by atoms with E-state index < -0.39 is 10.0 Å². The SMILES string of the molecule is Cc1ccc(N(Cc2ccc(C(=O)Nc3ccc(CC#N)cc3)cc2)S(C)(=O)=O)cc1C. The molecule has 6 nitrogen and oxygen atoms in total. The number of benzene rings is 3. The van der Waals surface area contributed by atoms with E-state index >= 15 is 0 Å². The summed E-state index contributed by atoms with van der Waals surface area (Å²) in [5, 5.41) is 11.6. The van der Waals surface area contributed by atoms with Crippen molar-refractivity contribution in [3.8, 4) is 6.07 Å². The van der Waals surface area contributed by atoms with Gasteiger partial charge in [0.1, 0.15) is 0 Å². The lowest BCUT2D eigenvalue weighted by Crippen LogP contribution is -2.29. The lowest BCUT2D eigenvalue weighted by molar-refractivity contribution is 0.102. The van der Waals surface area contributed by atoms with E-state index in [1.54, 1.807) is 54.6 Å². The van der Waals surface area contributed by atoms with Crippen LogP contribution in [-0.2, 0) is 23.0 Å². The average Bonchev–Trinajstić information content (AvgIpc) is 2.75. The maximum Gasteiger partial charge on any atom is 0.255 e. The van der Waals surface area contributed by atoms with Crippen LogP contribution < -0.4 is 9.62 Å². The molecule has 0 unspecified atom stereocenters. The van der Waals surface area contributed by atoms with Gasteiger partial charge in [0.15, 0.2) is 0 Å². The van der Waals surface area contributed by atoms with Gasteiger partial charge < -0.3 is 5.32 Å². The smallest absolute Gasteiger partial charge is 0.255 e. The Kier molecular flexibility index (Phi) is 6.96. The standard InChI is InChI=1S/C25H25N3O3S/c1-18-4-13-24(16-19(18)2)28(32(3,30)31)17-21-5-9-22(10-6-21)25(29)27-23-11-7-20(8-12-23)14-15-26/h4-13,16H,14,17H2,1-3H3,(H,27,29). The molecule has 0 saturated carbocycles. The van der Waals surface area contributed by atoms with E-state index in [9.17, 15) is 13.2 Å². The summed E-state index contributed by atoms with van der Waals surface area (Å²) in [5.74, 6) is -0.265. The quantitative estimate of drug-likeness (QED) is 0.574. The number of sulfonamides is 1. The lowest BCUT2D eigenvalue weighted by atomic mass is 10.1. The van der Waals surface area contributed by atoms with Gasteiger partial charge in [-0.15, -0.1) is 0 Å². The summed E-state index contributed by atoms with van der Waals surface area (Å²) in [6.45, 7) is 4.10. The second kappa shape index (κ2) is 9.67. The number of anilines is 2. The first-order valence-electron chi connectivity index (χ1n) is 10.1. The van der Waals surface area contributed by atoms with Crippen molar-refractivity contribution in [3.63, 3.8) is 0 Å². The molecule has 164 valence electrons. The zero-order chi connectivity index (χ0) is 23.3. The maximum absolute atomic E-state index is 12.5. The number of carbonyl (C=O) groups is 1. The molecule has 0 aliphatic rings. The molecule has 0 spiro atoms. The molecule has 3 rings (SSSR count). The number of rotatable bonds is 7. The van der Waals surface area contributed by atoms with Crippen LogP contribution in [0.5, 0.6) is 0 Å². The minimum Gasteiger partial charge on any atom is -0.322 e. The zero-order valence-corrected chi connectivity index (χ0v) is 19.1. The fraction of sp³-hybridized carbons (Fsp3) is 0.200. The summed E-state index contributed by atoms with van der Waals surface area (Å²) < 4.78 is 26.2. The van der Waals surface area contributed by atoms with Crippen LogP contribution in [0.25, 0.3) is 0 Å². The predicted molar refractivity (Wildman–Crippen MR) is 127 cm³/mol. The number of hydrogen-bond acceptors (Lipinski definition) is 4. The Bertz CT molecular complexity index is 1260. The van der Waals surface area contributed by atoms with Gasteiger partial charge >= 0.3 is 0 Å². The van der Waals surface area contributed by atoms with Crippen molar-refractivity contribution >= 4 is 27.3 Å². The molecule has 0 radical (unpaired) electrons. The second-order valence-corrected chi connectivity index (χ2v) is 9.63. The van der Waals surface area contributed by atoms with Gasteiger partial charge in [-0.2, -0.15) is 5.26 Å². The first-order valence-corrected chi connectivity index (χ1v) is 11.9. The van der Waals surface area contributed by atoms with Gasteiger partial charge in [-0.1, -0.05) is 30.3 Å². The van der Waals surface area contributed by atoms with Crippen LogP contribution in [0.3, 0.4) is 0 Å². The Morgan fingerprint density at radius 1 is 0.938 bits per heavy atom. The monoisotopic (exact) mass is 447 g/mol. The van der Waals surface area contributed by atoms with Gasteiger partial charge in [-0.25, -0.2) is 8.42 Å². The molecule has 7 heteroatoms. The molecule has 1 N–H and O–H groups in total. The highest BCUT2D eigenvalue weighted by Gasteiger charge is 2.18. The fourth-order valence-corrected chi connectivity index (χ4v) is 4.09. The molecule has 1 amide bonds. The van der Waals surface area contributed by atoms with Crippen LogP contribution in [0.1, 0.15) is 32.6 Å². The summed E-state index contributed by atoms with van der Waals surface area (Å²) >= 11 is 0. The third kappa shape index (κ3) is 5.74. The number of nitrogens with zero attached hydrogens (tertiary/aromatic N) is 2. The minimum absolute atomic E-state index is 0.170. The predicted octanol–water partition coefficient (Wildman–Crippen LogP) is 4.59. The third-order valence-electron chi connectivity index (χ3n) is 5.22. The van der Waals surface area contributed by atoms with Crippen LogP contribution in [-0.4, -0.2) is 20.6 Å². The highest BCUT2D eigenvalue weighted by atomic mass is 32.2. The van der Waals surface area contributed by atoms with Gasteiger partial charge in [0.2, 0.25) is 10.0 Å². The average molecular weight is 448 g/mol. The summed E-state index contributed by atoms with van der Waals surface area (Å²) in [5.41, 5.74) is 5.48. The van der Waals surface area contributed by atoms with E-state index in [0.29, 0.717) is 23.4 Å². The van der Waals surface area contributed by atoms with E-state index in [1.165, 1.54) is 10.6 Å². The molecule has 0 heterocycles. The van der Waals surface area contributed by atoms with Gasteiger partial charge in [0.25, 0.3) is 5.91 Å². The Morgan fingerprint density at radius 2 is 1.56 bits per heavy atom. The van der Waals surface area contributed by atoms with Crippen LogP contribution in [0, 0.1) is 25.2 Å².